The molecule has 0 aliphatic carbocycles. The van der Waals surface area contributed by atoms with E-state index >= 15 is 0 Å². The van der Waals surface area contributed by atoms with E-state index in [4.69, 9.17) is 5.10 Å². The van der Waals surface area contributed by atoms with Gasteiger partial charge in [-0.3, -0.25) is 4.79 Å². The van der Waals surface area contributed by atoms with Crippen LogP contribution in [-0.4, -0.2) is 33.6 Å². The topological polar surface area (TPSA) is 62.5 Å². The lowest BCUT2D eigenvalue weighted by Crippen LogP contribution is -2.41. The van der Waals surface area contributed by atoms with Crippen LogP contribution in [0.2, 0.25) is 0 Å². The van der Waals surface area contributed by atoms with E-state index in [-0.39, 0.29) is 17.9 Å². The molecule has 1 N–H and O–H groups in total. The maximum absolute atomic E-state index is 12.8. The third-order valence-corrected chi connectivity index (χ3v) is 6.86. The van der Waals surface area contributed by atoms with Crippen LogP contribution in [-0.2, 0) is 4.79 Å². The second-order valence-electron chi connectivity index (χ2n) is 7.99. The van der Waals surface area contributed by atoms with Crippen LogP contribution < -0.4 is 10.2 Å². The van der Waals surface area contributed by atoms with Gasteiger partial charge in [0.2, 0.25) is 5.91 Å². The number of carbonyl (C=O) groups excluding carboxylic acids is 1. The molecule has 0 spiro atoms. The highest BCUT2D eigenvalue weighted by atomic mass is 32.1. The molecule has 1 fully saturated rings. The second-order valence-corrected chi connectivity index (χ2v) is 8.94. The van der Waals surface area contributed by atoms with Crippen molar-refractivity contribution in [3.63, 3.8) is 0 Å². The predicted octanol–water partition coefficient (Wildman–Crippen LogP) is 4.55. The molecule has 1 atom stereocenters. The Kier molecular flexibility index (Phi) is 5.42. The van der Waals surface area contributed by atoms with Crippen LogP contribution in [0.5, 0.6) is 0 Å². The minimum atomic E-state index is 0.0182. The summed E-state index contributed by atoms with van der Waals surface area (Å²) in [6.07, 6.45) is 5.33. The average molecular weight is 432 g/mol. The number of anilines is 1. The molecule has 0 radical (unpaired) electrons. The predicted molar refractivity (Wildman–Crippen MR) is 124 cm³/mol. The molecule has 6 nitrogen and oxygen atoms in total. The van der Waals surface area contributed by atoms with Crippen molar-refractivity contribution in [2.75, 3.05) is 18.0 Å². The Morgan fingerprint density at radius 3 is 2.71 bits per heavy atom. The van der Waals surface area contributed by atoms with Gasteiger partial charge in [-0.2, -0.15) is 5.10 Å². The molecule has 5 rings (SSSR count). The molecular formula is C24H25N5OS. The summed E-state index contributed by atoms with van der Waals surface area (Å²) in [4.78, 5) is 20.9. The molecule has 0 unspecified atom stereocenters. The van der Waals surface area contributed by atoms with E-state index in [0.29, 0.717) is 0 Å². The molecule has 1 aromatic carbocycles. The van der Waals surface area contributed by atoms with E-state index in [1.54, 1.807) is 17.5 Å². The third-order valence-electron chi connectivity index (χ3n) is 5.97. The van der Waals surface area contributed by atoms with E-state index in [1.165, 1.54) is 0 Å². The van der Waals surface area contributed by atoms with Crippen molar-refractivity contribution < 1.29 is 4.79 Å². The highest BCUT2D eigenvalue weighted by Crippen LogP contribution is 2.30. The van der Waals surface area contributed by atoms with Crippen molar-refractivity contribution in [1.82, 2.24) is 19.9 Å². The van der Waals surface area contributed by atoms with Crippen molar-refractivity contribution in [3.8, 4) is 10.6 Å². The molecule has 31 heavy (non-hydrogen) atoms. The molecule has 3 aromatic heterocycles. The number of nitrogens with zero attached hydrogens (tertiary/aromatic N) is 4. The molecule has 1 aliphatic heterocycles. The molecule has 0 bridgehead atoms. The molecule has 4 aromatic rings. The van der Waals surface area contributed by atoms with Gasteiger partial charge in [-0.15, -0.1) is 11.3 Å². The van der Waals surface area contributed by atoms with E-state index < -0.39 is 0 Å². The number of aromatic nitrogens is 3. The van der Waals surface area contributed by atoms with Gasteiger partial charge in [0, 0.05) is 31.4 Å². The fourth-order valence-corrected chi connectivity index (χ4v) is 4.89. The first kappa shape index (κ1) is 19.8. The van der Waals surface area contributed by atoms with Crippen molar-refractivity contribution in [1.29, 1.82) is 0 Å². The quantitative estimate of drug-likeness (QED) is 0.504. The van der Waals surface area contributed by atoms with Gasteiger partial charge in [0.1, 0.15) is 11.2 Å². The maximum Gasteiger partial charge on any atom is 0.223 e. The van der Waals surface area contributed by atoms with Gasteiger partial charge < -0.3 is 10.2 Å². The summed E-state index contributed by atoms with van der Waals surface area (Å²) in [6.45, 7) is 3.66. The van der Waals surface area contributed by atoms with Gasteiger partial charge in [0.15, 0.2) is 5.82 Å². The van der Waals surface area contributed by atoms with Gasteiger partial charge in [0.05, 0.1) is 10.9 Å². The first-order valence-corrected chi connectivity index (χ1v) is 11.6. The number of nitrogens with one attached hydrogen (secondary N) is 1. The smallest absolute Gasteiger partial charge is 0.223 e. The zero-order valence-electron chi connectivity index (χ0n) is 17.4. The summed E-state index contributed by atoms with van der Waals surface area (Å²) in [6, 6.07) is 16.4. The summed E-state index contributed by atoms with van der Waals surface area (Å²) in [7, 11) is 0. The SMILES string of the molecule is C[C@@H](NC(=O)C1CCN(c2nccn3nc(-c4cccs4)cc23)CC1)c1ccccc1. The highest BCUT2D eigenvalue weighted by molar-refractivity contribution is 7.13. The number of hydrogen-bond acceptors (Lipinski definition) is 5. The summed E-state index contributed by atoms with van der Waals surface area (Å²) >= 11 is 1.68. The summed E-state index contributed by atoms with van der Waals surface area (Å²) in [5.41, 5.74) is 3.10. The minimum absolute atomic E-state index is 0.0182. The first-order chi connectivity index (χ1) is 15.2. The highest BCUT2D eigenvalue weighted by Gasteiger charge is 2.27. The van der Waals surface area contributed by atoms with Gasteiger partial charge in [-0.1, -0.05) is 36.4 Å². The number of carbonyl (C=O) groups is 1. The Hall–Kier alpha value is -3.19. The monoisotopic (exact) mass is 431 g/mol. The lowest BCUT2D eigenvalue weighted by atomic mass is 9.95. The largest absolute Gasteiger partial charge is 0.355 e. The minimum Gasteiger partial charge on any atom is -0.355 e. The number of benzene rings is 1. The maximum atomic E-state index is 12.8. The molecule has 158 valence electrons. The van der Waals surface area contributed by atoms with Gasteiger partial charge in [-0.05, 0) is 42.8 Å². The van der Waals surface area contributed by atoms with Crippen molar-refractivity contribution in [3.05, 3.63) is 71.9 Å². The number of thiophene rings is 1. The van der Waals surface area contributed by atoms with Crippen LogP contribution in [0.25, 0.3) is 16.1 Å². The normalized spacial score (nSPS) is 15.8. The summed E-state index contributed by atoms with van der Waals surface area (Å²) in [5, 5.41) is 9.96. The van der Waals surface area contributed by atoms with E-state index in [2.05, 4.69) is 44.8 Å². The van der Waals surface area contributed by atoms with Crippen LogP contribution in [0.3, 0.4) is 0 Å². The Bertz CT molecular complexity index is 1160. The average Bonchev–Trinajstić information content (AvgIpc) is 3.49. The molecule has 7 heteroatoms. The molecule has 1 amide bonds. The number of fused-ring (bicyclic) bond motifs is 1. The van der Waals surface area contributed by atoms with Crippen molar-refractivity contribution in [2.24, 2.45) is 5.92 Å². The van der Waals surface area contributed by atoms with Crippen LogP contribution in [0.15, 0.2) is 66.3 Å². The Morgan fingerprint density at radius 2 is 1.97 bits per heavy atom. The molecule has 1 aliphatic rings. The van der Waals surface area contributed by atoms with Crippen molar-refractivity contribution >= 4 is 28.6 Å². The van der Waals surface area contributed by atoms with Crippen LogP contribution in [0.1, 0.15) is 31.4 Å². The van der Waals surface area contributed by atoms with Gasteiger partial charge >= 0.3 is 0 Å². The number of hydrogen-bond donors (Lipinski definition) is 1. The molecular weight excluding hydrogens is 406 g/mol. The zero-order chi connectivity index (χ0) is 21.2. The Labute approximate surface area is 185 Å². The van der Waals surface area contributed by atoms with Gasteiger partial charge in [0.25, 0.3) is 0 Å². The number of rotatable bonds is 5. The van der Waals surface area contributed by atoms with E-state index in [9.17, 15) is 4.79 Å². The fraction of sp³-hybridized carbons (Fsp3) is 0.292. The fourth-order valence-electron chi connectivity index (χ4n) is 4.21. The van der Waals surface area contributed by atoms with Crippen LogP contribution in [0.4, 0.5) is 5.82 Å². The lowest BCUT2D eigenvalue weighted by Gasteiger charge is -2.32. The first-order valence-electron chi connectivity index (χ1n) is 10.7. The number of amides is 1. The molecule has 4 heterocycles. The molecule has 1 saturated heterocycles. The standard InChI is InChI=1S/C24H25N5OS/c1-17(18-6-3-2-4-7-18)26-24(30)19-9-12-28(13-10-19)23-21-16-20(22-8-5-15-31-22)27-29(21)14-11-25-23/h2-8,11,14-17,19H,9-10,12-13H2,1H3,(H,26,30)/t17-/m1/s1. The van der Waals surface area contributed by atoms with E-state index in [1.807, 2.05) is 41.9 Å². The summed E-state index contributed by atoms with van der Waals surface area (Å²) in [5.74, 6) is 1.12. The van der Waals surface area contributed by atoms with Gasteiger partial charge in [-0.25, -0.2) is 9.50 Å². The zero-order valence-corrected chi connectivity index (χ0v) is 18.3. The lowest BCUT2D eigenvalue weighted by molar-refractivity contribution is -0.126. The van der Waals surface area contributed by atoms with E-state index in [0.717, 1.165) is 53.4 Å². The molecule has 0 saturated carbocycles. The van der Waals surface area contributed by atoms with Crippen LogP contribution >= 0.6 is 11.3 Å². The Balaban J connectivity index is 1.26. The Morgan fingerprint density at radius 1 is 1.16 bits per heavy atom. The second kappa shape index (κ2) is 8.51. The number of piperidine rings is 1. The third kappa shape index (κ3) is 4.05. The van der Waals surface area contributed by atoms with Crippen LogP contribution in [0, 0.1) is 5.92 Å². The van der Waals surface area contributed by atoms with Crippen molar-refractivity contribution in [2.45, 2.75) is 25.8 Å². The summed E-state index contributed by atoms with van der Waals surface area (Å²) < 4.78 is 1.90.